The first-order valence-corrected chi connectivity index (χ1v) is 10.1. The van der Waals surface area contributed by atoms with E-state index in [9.17, 15) is 13.2 Å². The van der Waals surface area contributed by atoms with Crippen molar-refractivity contribution in [1.29, 1.82) is 0 Å². The third kappa shape index (κ3) is 6.31. The molecule has 0 bridgehead atoms. The average Bonchev–Trinajstić information content (AvgIpc) is 2.88. The van der Waals surface area contributed by atoms with Crippen LogP contribution in [0.3, 0.4) is 0 Å². The Morgan fingerprint density at radius 2 is 2.12 bits per heavy atom. The molecule has 132 valence electrons. The van der Waals surface area contributed by atoms with E-state index < -0.39 is 9.84 Å². The third-order valence-corrected chi connectivity index (χ3v) is 5.69. The van der Waals surface area contributed by atoms with Crippen LogP contribution < -0.4 is 10.2 Å². The van der Waals surface area contributed by atoms with Gasteiger partial charge in [-0.25, -0.2) is 13.8 Å². The number of carbonyl (C=O) groups is 1. The van der Waals surface area contributed by atoms with Crippen LogP contribution in [0.1, 0.15) is 38.2 Å². The molecule has 0 radical (unpaired) electrons. The van der Waals surface area contributed by atoms with E-state index in [4.69, 9.17) is 4.74 Å². The predicted molar refractivity (Wildman–Crippen MR) is 94.0 cm³/mol. The molecule has 24 heavy (non-hydrogen) atoms. The Balaban J connectivity index is 1.74. The lowest BCUT2D eigenvalue weighted by Gasteiger charge is -2.06. The molecule has 1 amide bonds. The molecular formula is C17H24N2O4S. The fourth-order valence-corrected chi connectivity index (χ4v) is 4.37. The molecular weight excluding hydrogens is 328 g/mol. The SMILES string of the molecule is CCCCOc1ccc(/C=N\NC(=O)C[C@H]2CCS(=O)(=O)C2)cc1. The monoisotopic (exact) mass is 352 g/mol. The minimum Gasteiger partial charge on any atom is -0.494 e. The molecule has 0 spiro atoms. The molecule has 7 heteroatoms. The van der Waals surface area contributed by atoms with Gasteiger partial charge in [-0.05, 0) is 48.6 Å². The molecule has 1 aliphatic heterocycles. The summed E-state index contributed by atoms with van der Waals surface area (Å²) in [6, 6.07) is 7.45. The summed E-state index contributed by atoms with van der Waals surface area (Å²) >= 11 is 0. The highest BCUT2D eigenvalue weighted by Crippen LogP contribution is 2.21. The van der Waals surface area contributed by atoms with E-state index in [0.29, 0.717) is 13.0 Å². The van der Waals surface area contributed by atoms with Gasteiger partial charge in [0.05, 0.1) is 24.3 Å². The highest BCUT2D eigenvalue weighted by atomic mass is 32.2. The molecule has 1 aromatic carbocycles. The lowest BCUT2D eigenvalue weighted by Crippen LogP contribution is -2.21. The number of unbranched alkanes of at least 4 members (excludes halogenated alkanes) is 1. The summed E-state index contributed by atoms with van der Waals surface area (Å²) < 4.78 is 28.3. The van der Waals surface area contributed by atoms with Crippen molar-refractivity contribution in [3.05, 3.63) is 29.8 Å². The van der Waals surface area contributed by atoms with E-state index >= 15 is 0 Å². The molecule has 0 aromatic heterocycles. The quantitative estimate of drug-likeness (QED) is 0.441. The van der Waals surface area contributed by atoms with Gasteiger partial charge >= 0.3 is 0 Å². The summed E-state index contributed by atoms with van der Waals surface area (Å²) in [5.41, 5.74) is 3.30. The van der Waals surface area contributed by atoms with Gasteiger partial charge in [-0.15, -0.1) is 0 Å². The lowest BCUT2D eigenvalue weighted by molar-refractivity contribution is -0.121. The zero-order chi connectivity index (χ0) is 17.4. The Morgan fingerprint density at radius 1 is 1.38 bits per heavy atom. The van der Waals surface area contributed by atoms with Crippen LogP contribution in [0.2, 0.25) is 0 Å². The van der Waals surface area contributed by atoms with Gasteiger partial charge in [0.15, 0.2) is 9.84 Å². The number of benzene rings is 1. The number of amides is 1. The molecule has 1 heterocycles. The van der Waals surface area contributed by atoms with Crippen LogP contribution in [0.25, 0.3) is 0 Å². The molecule has 1 aliphatic rings. The fourth-order valence-electron chi connectivity index (χ4n) is 2.50. The summed E-state index contributed by atoms with van der Waals surface area (Å²) in [5, 5.41) is 3.91. The third-order valence-electron chi connectivity index (χ3n) is 3.85. The molecule has 0 saturated carbocycles. The van der Waals surface area contributed by atoms with E-state index in [-0.39, 0.29) is 29.8 Å². The standard InChI is InChI=1S/C17H24N2O4S/c1-2-3-9-23-16-6-4-14(5-7-16)12-18-19-17(20)11-15-8-10-24(21,22)13-15/h4-7,12,15H,2-3,8-11,13H2,1H3,(H,19,20)/b18-12-/t15-/m1/s1. The first-order valence-electron chi connectivity index (χ1n) is 8.23. The normalized spacial score (nSPS) is 19.5. The van der Waals surface area contributed by atoms with E-state index in [1.165, 1.54) is 0 Å². The number of hydrogen-bond acceptors (Lipinski definition) is 5. The first kappa shape index (κ1) is 18.4. The van der Waals surface area contributed by atoms with Gasteiger partial charge in [0.25, 0.3) is 0 Å². The van der Waals surface area contributed by atoms with Crippen LogP contribution in [-0.2, 0) is 14.6 Å². The maximum absolute atomic E-state index is 11.8. The second-order valence-electron chi connectivity index (χ2n) is 6.04. The maximum Gasteiger partial charge on any atom is 0.240 e. The van der Waals surface area contributed by atoms with Gasteiger partial charge in [-0.1, -0.05) is 13.3 Å². The lowest BCUT2D eigenvalue weighted by atomic mass is 10.1. The number of carbonyl (C=O) groups excluding carboxylic acids is 1. The molecule has 1 fully saturated rings. The van der Waals surface area contributed by atoms with Gasteiger partial charge < -0.3 is 4.74 Å². The smallest absolute Gasteiger partial charge is 0.240 e. The highest BCUT2D eigenvalue weighted by molar-refractivity contribution is 7.91. The summed E-state index contributed by atoms with van der Waals surface area (Å²) in [4.78, 5) is 11.8. The first-order chi connectivity index (χ1) is 11.5. The second-order valence-corrected chi connectivity index (χ2v) is 8.27. The second kappa shape index (κ2) is 8.82. The van der Waals surface area contributed by atoms with Crippen LogP contribution in [0.5, 0.6) is 5.75 Å². The van der Waals surface area contributed by atoms with E-state index in [0.717, 1.165) is 24.2 Å². The van der Waals surface area contributed by atoms with Crippen LogP contribution >= 0.6 is 0 Å². The Morgan fingerprint density at radius 3 is 2.75 bits per heavy atom. The van der Waals surface area contributed by atoms with Crippen LogP contribution in [0.4, 0.5) is 0 Å². The molecule has 0 aliphatic carbocycles. The van der Waals surface area contributed by atoms with E-state index in [1.54, 1.807) is 6.21 Å². The van der Waals surface area contributed by atoms with Crippen LogP contribution in [-0.4, -0.2) is 38.7 Å². The zero-order valence-corrected chi connectivity index (χ0v) is 14.7. The highest BCUT2D eigenvalue weighted by Gasteiger charge is 2.29. The number of nitrogens with one attached hydrogen (secondary N) is 1. The van der Waals surface area contributed by atoms with Crippen molar-refractivity contribution in [1.82, 2.24) is 5.43 Å². The number of ether oxygens (including phenoxy) is 1. The van der Waals surface area contributed by atoms with Crippen LogP contribution in [0, 0.1) is 5.92 Å². The maximum atomic E-state index is 11.8. The van der Waals surface area contributed by atoms with Gasteiger partial charge in [-0.2, -0.15) is 5.10 Å². The number of hydrazone groups is 1. The van der Waals surface area contributed by atoms with Crippen LogP contribution in [0.15, 0.2) is 29.4 Å². The van der Waals surface area contributed by atoms with Crippen molar-refractivity contribution >= 4 is 22.0 Å². The Hall–Kier alpha value is -1.89. The van der Waals surface area contributed by atoms with Crippen molar-refractivity contribution in [2.45, 2.75) is 32.6 Å². The summed E-state index contributed by atoms with van der Waals surface area (Å²) in [6.07, 6.45) is 4.42. The van der Waals surface area contributed by atoms with Crippen molar-refractivity contribution in [3.8, 4) is 5.75 Å². The molecule has 2 rings (SSSR count). The fraction of sp³-hybridized carbons (Fsp3) is 0.529. The van der Waals surface area contributed by atoms with Crippen molar-refractivity contribution in [2.75, 3.05) is 18.1 Å². The summed E-state index contributed by atoms with van der Waals surface area (Å²) in [7, 11) is -2.95. The number of nitrogens with zero attached hydrogens (tertiary/aromatic N) is 1. The molecule has 0 unspecified atom stereocenters. The van der Waals surface area contributed by atoms with Gasteiger partial charge in [0.2, 0.25) is 5.91 Å². The summed E-state index contributed by atoms with van der Waals surface area (Å²) in [5.74, 6) is 0.745. The van der Waals surface area contributed by atoms with Gasteiger partial charge in [-0.3, -0.25) is 4.79 Å². The number of rotatable bonds is 8. The predicted octanol–water partition coefficient (Wildman–Crippen LogP) is 2.14. The van der Waals surface area contributed by atoms with Crippen molar-refractivity contribution in [2.24, 2.45) is 11.0 Å². The number of sulfone groups is 1. The Bertz CT molecular complexity index is 668. The van der Waals surface area contributed by atoms with Crippen molar-refractivity contribution in [3.63, 3.8) is 0 Å². The van der Waals surface area contributed by atoms with Gasteiger partial charge in [0, 0.05) is 6.42 Å². The largest absolute Gasteiger partial charge is 0.494 e. The van der Waals surface area contributed by atoms with Gasteiger partial charge in [0.1, 0.15) is 5.75 Å². The average molecular weight is 352 g/mol. The Labute approximate surface area is 143 Å². The topological polar surface area (TPSA) is 84.8 Å². The molecule has 1 atom stereocenters. The van der Waals surface area contributed by atoms with E-state index in [2.05, 4.69) is 17.5 Å². The zero-order valence-electron chi connectivity index (χ0n) is 13.9. The minimum absolute atomic E-state index is 0.0928. The molecule has 6 nitrogen and oxygen atoms in total. The molecule has 1 aromatic rings. The van der Waals surface area contributed by atoms with E-state index in [1.807, 2.05) is 24.3 Å². The Kier molecular flexibility index (Phi) is 6.78. The van der Waals surface area contributed by atoms with Crippen molar-refractivity contribution < 1.29 is 17.9 Å². The molecule has 1 N–H and O–H groups in total. The number of hydrogen-bond donors (Lipinski definition) is 1. The minimum atomic E-state index is -2.95. The summed E-state index contributed by atoms with van der Waals surface area (Å²) in [6.45, 7) is 2.82. The molecule has 1 saturated heterocycles.